The van der Waals surface area contributed by atoms with Crippen molar-refractivity contribution in [2.75, 3.05) is 0 Å². The minimum Gasteiger partial charge on any atom is -0.481 e. The van der Waals surface area contributed by atoms with Crippen LogP contribution in [0, 0.1) is 5.92 Å². The van der Waals surface area contributed by atoms with Crippen molar-refractivity contribution in [1.29, 1.82) is 0 Å². The molecule has 0 radical (unpaired) electrons. The minimum absolute atomic E-state index is 0.361. The van der Waals surface area contributed by atoms with Crippen LogP contribution in [0.1, 0.15) is 40.5 Å². The molecule has 0 fully saturated rings. The van der Waals surface area contributed by atoms with Crippen LogP contribution in [0.15, 0.2) is 0 Å². The third-order valence-electron chi connectivity index (χ3n) is 4.36. The molecule has 0 aliphatic heterocycles. The van der Waals surface area contributed by atoms with Crippen molar-refractivity contribution in [2.24, 2.45) is 11.7 Å². The molecule has 8 N–H and O–H groups in total. The Labute approximate surface area is 168 Å². The van der Waals surface area contributed by atoms with Crippen molar-refractivity contribution in [3.8, 4) is 0 Å². The summed E-state index contributed by atoms with van der Waals surface area (Å²) in [5.41, 5.74) is 5.45. The van der Waals surface area contributed by atoms with Gasteiger partial charge in [-0.1, -0.05) is 20.3 Å². The lowest BCUT2D eigenvalue weighted by Gasteiger charge is -2.24. The van der Waals surface area contributed by atoms with E-state index in [1.807, 2.05) is 0 Å². The van der Waals surface area contributed by atoms with Crippen molar-refractivity contribution in [3.05, 3.63) is 0 Å². The zero-order valence-electron chi connectivity index (χ0n) is 16.8. The summed E-state index contributed by atoms with van der Waals surface area (Å²) >= 11 is 0. The zero-order chi connectivity index (χ0) is 22.9. The van der Waals surface area contributed by atoms with Crippen LogP contribution < -0.4 is 21.7 Å². The van der Waals surface area contributed by atoms with Gasteiger partial charge < -0.3 is 37.0 Å². The number of rotatable bonds is 12. The average Bonchev–Trinajstić information content (AvgIpc) is 2.62. The van der Waals surface area contributed by atoms with Gasteiger partial charge in [-0.2, -0.15) is 0 Å². The minimum atomic E-state index is -1.55. The van der Waals surface area contributed by atoms with E-state index in [2.05, 4.69) is 16.0 Å². The second-order valence-corrected chi connectivity index (χ2v) is 6.87. The number of aliphatic hydroxyl groups is 1. The average molecular weight is 418 g/mol. The van der Waals surface area contributed by atoms with E-state index in [0.29, 0.717) is 6.42 Å². The molecule has 0 spiro atoms. The first-order chi connectivity index (χ1) is 13.3. The molecular weight excluding hydrogens is 388 g/mol. The molecule has 29 heavy (non-hydrogen) atoms. The fraction of sp³-hybridized carbons (Fsp3) is 0.706. The smallest absolute Gasteiger partial charge is 0.326 e. The Kier molecular flexibility index (Phi) is 10.8. The van der Waals surface area contributed by atoms with Gasteiger partial charge in [0.1, 0.15) is 24.2 Å². The van der Waals surface area contributed by atoms with Crippen molar-refractivity contribution in [2.45, 2.75) is 70.8 Å². The van der Waals surface area contributed by atoms with Crippen molar-refractivity contribution in [1.82, 2.24) is 16.0 Å². The lowest BCUT2D eigenvalue weighted by Crippen LogP contribution is -2.58. The number of carbonyl (C=O) groups excluding carboxylic acids is 3. The third kappa shape index (κ3) is 8.87. The highest BCUT2D eigenvalue weighted by atomic mass is 16.4. The molecule has 12 nitrogen and oxygen atoms in total. The molecule has 0 saturated heterocycles. The molecule has 0 bridgehead atoms. The molecule has 166 valence electrons. The lowest BCUT2D eigenvalue weighted by molar-refractivity contribution is -0.144. The second-order valence-electron chi connectivity index (χ2n) is 6.87. The van der Waals surface area contributed by atoms with Crippen LogP contribution in [-0.2, 0) is 24.0 Å². The van der Waals surface area contributed by atoms with Crippen LogP contribution >= 0.6 is 0 Å². The summed E-state index contributed by atoms with van der Waals surface area (Å²) in [5.74, 6) is -5.68. The molecule has 0 aliphatic carbocycles. The largest absolute Gasteiger partial charge is 0.481 e. The van der Waals surface area contributed by atoms with Gasteiger partial charge in [0.05, 0.1) is 12.5 Å². The lowest BCUT2D eigenvalue weighted by atomic mass is 9.99. The van der Waals surface area contributed by atoms with Crippen LogP contribution in [0.2, 0.25) is 0 Å². The van der Waals surface area contributed by atoms with Crippen LogP contribution in [0.5, 0.6) is 0 Å². The van der Waals surface area contributed by atoms with Gasteiger partial charge >= 0.3 is 11.9 Å². The predicted molar refractivity (Wildman–Crippen MR) is 100 cm³/mol. The first kappa shape index (κ1) is 26.3. The van der Waals surface area contributed by atoms with Gasteiger partial charge in [-0.05, 0) is 19.8 Å². The first-order valence-electron chi connectivity index (χ1n) is 9.11. The third-order valence-corrected chi connectivity index (χ3v) is 4.36. The van der Waals surface area contributed by atoms with E-state index in [0.717, 1.165) is 0 Å². The number of amides is 3. The van der Waals surface area contributed by atoms with Gasteiger partial charge in [-0.15, -0.1) is 0 Å². The van der Waals surface area contributed by atoms with Crippen LogP contribution in [-0.4, -0.2) is 75.3 Å². The van der Waals surface area contributed by atoms with E-state index in [4.69, 9.17) is 10.8 Å². The molecule has 0 aromatic rings. The first-order valence-corrected chi connectivity index (χ1v) is 9.11. The highest BCUT2D eigenvalue weighted by Gasteiger charge is 2.31. The maximum Gasteiger partial charge on any atom is 0.326 e. The number of carboxylic acid groups (broad SMARTS) is 2. The summed E-state index contributed by atoms with van der Waals surface area (Å²) < 4.78 is 0. The van der Waals surface area contributed by atoms with E-state index in [9.17, 15) is 34.2 Å². The molecule has 0 aromatic carbocycles. The number of aliphatic carboxylic acids is 2. The number of carboxylic acids is 2. The maximum absolute atomic E-state index is 12.3. The number of hydrogen-bond acceptors (Lipinski definition) is 7. The van der Waals surface area contributed by atoms with E-state index in [1.165, 1.54) is 13.8 Å². The molecule has 0 heterocycles. The van der Waals surface area contributed by atoms with E-state index < -0.39 is 66.4 Å². The van der Waals surface area contributed by atoms with Crippen LogP contribution in [0.4, 0.5) is 0 Å². The highest BCUT2D eigenvalue weighted by Crippen LogP contribution is 2.08. The van der Waals surface area contributed by atoms with Gasteiger partial charge in [-0.25, -0.2) is 4.79 Å². The summed E-state index contributed by atoms with van der Waals surface area (Å²) in [6.45, 7) is 5.93. The number of hydrogen-bond donors (Lipinski definition) is 7. The summed E-state index contributed by atoms with van der Waals surface area (Å²) in [6, 6.07) is -5.30. The Bertz CT molecular complexity index is 625. The zero-order valence-corrected chi connectivity index (χ0v) is 16.8. The number of carbonyl (C=O) groups is 5. The molecular formula is C17H30N4O8. The van der Waals surface area contributed by atoms with Gasteiger partial charge in [0.2, 0.25) is 17.7 Å². The maximum atomic E-state index is 12.3. The fourth-order valence-corrected chi connectivity index (χ4v) is 2.21. The van der Waals surface area contributed by atoms with Crippen molar-refractivity contribution >= 4 is 29.7 Å². The molecule has 3 amide bonds. The van der Waals surface area contributed by atoms with Gasteiger partial charge in [0.15, 0.2) is 0 Å². The number of nitrogens with one attached hydrogen (secondary N) is 3. The Morgan fingerprint density at radius 1 is 0.897 bits per heavy atom. The molecule has 0 aromatic heterocycles. The molecule has 0 saturated carbocycles. The van der Waals surface area contributed by atoms with Crippen molar-refractivity contribution < 1.29 is 39.3 Å². The summed E-state index contributed by atoms with van der Waals surface area (Å²) in [6.07, 6.45) is -1.53. The van der Waals surface area contributed by atoms with Gasteiger partial charge in [0, 0.05) is 0 Å². The highest BCUT2D eigenvalue weighted by molar-refractivity contribution is 5.95. The van der Waals surface area contributed by atoms with E-state index in [-0.39, 0.29) is 5.92 Å². The Balaban J connectivity index is 5.14. The van der Waals surface area contributed by atoms with E-state index >= 15 is 0 Å². The summed E-state index contributed by atoms with van der Waals surface area (Å²) in [7, 11) is 0. The molecule has 12 heteroatoms. The van der Waals surface area contributed by atoms with Crippen LogP contribution in [0.3, 0.4) is 0 Å². The summed E-state index contributed by atoms with van der Waals surface area (Å²) in [5, 5.41) is 34.2. The Hall–Kier alpha value is -2.73. The normalized spacial score (nSPS) is 17.0. The summed E-state index contributed by atoms with van der Waals surface area (Å²) in [4.78, 5) is 58.8. The van der Waals surface area contributed by atoms with Gasteiger partial charge in [0.25, 0.3) is 0 Å². The van der Waals surface area contributed by atoms with E-state index in [1.54, 1.807) is 13.8 Å². The predicted octanol–water partition coefficient (Wildman–Crippen LogP) is -2.23. The number of nitrogens with two attached hydrogens (primary N) is 1. The Morgan fingerprint density at radius 3 is 1.86 bits per heavy atom. The second kappa shape index (κ2) is 12.0. The van der Waals surface area contributed by atoms with Crippen LogP contribution in [0.25, 0.3) is 0 Å². The fourth-order valence-electron chi connectivity index (χ4n) is 2.21. The molecule has 6 unspecified atom stereocenters. The quantitative estimate of drug-likeness (QED) is 0.183. The molecule has 6 atom stereocenters. The van der Waals surface area contributed by atoms with Crippen molar-refractivity contribution in [3.63, 3.8) is 0 Å². The molecule has 0 aliphatic rings. The number of aliphatic hydroxyl groups excluding tert-OH is 1. The Morgan fingerprint density at radius 2 is 1.45 bits per heavy atom. The standard InChI is InChI=1S/C17H30N4O8/c1-5-7(2)13(17(28)29)21-14(25)8(3)19-15(26)10(6-11(23)24)20-16(27)12(18)9(4)22/h7-10,12-13,22H,5-6,18H2,1-4H3,(H,19,26)(H,20,27)(H,21,25)(H,23,24)(H,28,29). The topological polar surface area (TPSA) is 208 Å². The molecule has 0 rings (SSSR count). The van der Waals surface area contributed by atoms with Gasteiger partial charge in [-0.3, -0.25) is 19.2 Å². The SMILES string of the molecule is CCC(C)C(NC(=O)C(C)NC(=O)C(CC(=O)O)NC(=O)C(N)C(C)O)C(=O)O. The monoisotopic (exact) mass is 418 g/mol.